The molecule has 0 radical (unpaired) electrons. The number of rotatable bonds is 2. The van der Waals surface area contributed by atoms with Crippen LogP contribution in [0.25, 0.3) is 0 Å². The van der Waals surface area contributed by atoms with Crippen LogP contribution < -0.4 is 0 Å². The maximum absolute atomic E-state index is 11.6. The summed E-state index contributed by atoms with van der Waals surface area (Å²) in [6.07, 6.45) is 6.55. The lowest BCUT2D eigenvalue weighted by Gasteiger charge is -2.50. The Balaban J connectivity index is 2.11. The summed E-state index contributed by atoms with van der Waals surface area (Å²) in [6, 6.07) is 10.6. The van der Waals surface area contributed by atoms with E-state index < -0.39 is 5.60 Å². The zero-order chi connectivity index (χ0) is 14.1. The van der Waals surface area contributed by atoms with Crippen molar-refractivity contribution < 1.29 is 5.11 Å². The molecular formula is C17H22OS2. The van der Waals surface area contributed by atoms with E-state index in [1.54, 1.807) is 0 Å². The van der Waals surface area contributed by atoms with Crippen LogP contribution in [0.1, 0.15) is 38.2 Å². The number of thioether (sulfide) groups is 2. The highest BCUT2D eigenvalue weighted by molar-refractivity contribution is 8.18. The van der Waals surface area contributed by atoms with Gasteiger partial charge in [0.2, 0.25) is 0 Å². The molecule has 1 aliphatic carbocycles. The van der Waals surface area contributed by atoms with Gasteiger partial charge in [0, 0.05) is 0 Å². The monoisotopic (exact) mass is 306 g/mol. The van der Waals surface area contributed by atoms with Crippen LogP contribution >= 0.6 is 23.5 Å². The lowest BCUT2D eigenvalue weighted by Crippen LogP contribution is -2.50. The number of benzene rings is 1. The van der Waals surface area contributed by atoms with Crippen molar-refractivity contribution in [2.24, 2.45) is 0 Å². The molecule has 1 saturated heterocycles. The molecule has 1 nitrogen and oxygen atoms in total. The highest BCUT2D eigenvalue weighted by Gasteiger charge is 2.54. The van der Waals surface area contributed by atoms with Gasteiger partial charge in [0.1, 0.15) is 9.68 Å². The molecular weight excluding hydrogens is 284 g/mol. The molecule has 1 aromatic rings. The van der Waals surface area contributed by atoms with Crippen molar-refractivity contribution in [3.05, 3.63) is 47.5 Å². The van der Waals surface area contributed by atoms with E-state index in [1.807, 2.05) is 23.5 Å². The quantitative estimate of drug-likeness (QED) is 0.808. The zero-order valence-electron chi connectivity index (χ0n) is 12.0. The van der Waals surface area contributed by atoms with Crippen LogP contribution in [-0.4, -0.2) is 22.2 Å². The molecule has 0 aromatic heterocycles. The van der Waals surface area contributed by atoms with Gasteiger partial charge in [0.05, 0.1) is 0 Å². The highest BCUT2D eigenvalue weighted by atomic mass is 32.2. The Labute approximate surface area is 130 Å². The van der Waals surface area contributed by atoms with Gasteiger partial charge in [-0.1, -0.05) is 36.4 Å². The summed E-state index contributed by atoms with van der Waals surface area (Å²) in [5, 5.41) is 11.6. The Hall–Kier alpha value is -0.380. The Bertz CT molecular complexity index is 491. The van der Waals surface area contributed by atoms with Crippen LogP contribution in [-0.2, 0) is 4.08 Å². The van der Waals surface area contributed by atoms with Gasteiger partial charge >= 0.3 is 0 Å². The first-order valence-corrected chi connectivity index (χ1v) is 9.39. The second-order valence-corrected chi connectivity index (χ2v) is 8.55. The predicted molar refractivity (Wildman–Crippen MR) is 90.2 cm³/mol. The molecule has 1 heterocycles. The van der Waals surface area contributed by atoms with Gasteiger partial charge in [-0.15, -0.1) is 23.5 Å². The van der Waals surface area contributed by atoms with Crippen LogP contribution in [0.5, 0.6) is 0 Å². The van der Waals surface area contributed by atoms with Crippen molar-refractivity contribution in [1.82, 2.24) is 0 Å². The summed E-state index contributed by atoms with van der Waals surface area (Å²) in [4.78, 5) is 0. The van der Waals surface area contributed by atoms with Gasteiger partial charge in [-0.25, -0.2) is 0 Å². The molecule has 1 aromatic carbocycles. The zero-order valence-corrected chi connectivity index (χ0v) is 13.6. The van der Waals surface area contributed by atoms with E-state index in [0.29, 0.717) is 0 Å². The molecule has 0 saturated carbocycles. The summed E-state index contributed by atoms with van der Waals surface area (Å²) in [5.41, 5.74) is 1.73. The number of allylic oxidation sites excluding steroid dienone is 1. The molecule has 20 heavy (non-hydrogen) atoms. The van der Waals surface area contributed by atoms with Crippen molar-refractivity contribution in [2.45, 2.75) is 42.3 Å². The van der Waals surface area contributed by atoms with E-state index in [2.05, 4.69) is 43.3 Å². The van der Waals surface area contributed by atoms with Crippen LogP contribution in [0.3, 0.4) is 0 Å². The minimum atomic E-state index is -0.706. The van der Waals surface area contributed by atoms with Crippen LogP contribution in [0, 0.1) is 0 Å². The molecule has 1 unspecified atom stereocenters. The van der Waals surface area contributed by atoms with Gasteiger partial charge in [-0.2, -0.15) is 0 Å². The molecule has 1 fully saturated rings. The third kappa shape index (κ3) is 2.24. The molecule has 0 amide bonds. The first kappa shape index (κ1) is 14.6. The third-order valence-corrected chi connectivity index (χ3v) is 8.10. The van der Waals surface area contributed by atoms with Crippen molar-refractivity contribution in [3.8, 4) is 0 Å². The van der Waals surface area contributed by atoms with Gasteiger partial charge in [-0.05, 0) is 55.2 Å². The van der Waals surface area contributed by atoms with E-state index in [0.717, 1.165) is 36.3 Å². The largest absolute Gasteiger partial charge is 0.383 e. The molecule has 0 bridgehead atoms. The average Bonchev–Trinajstić information content (AvgIpc) is 2.52. The van der Waals surface area contributed by atoms with Gasteiger partial charge in [-0.3, -0.25) is 0 Å². The fourth-order valence-corrected chi connectivity index (χ4v) is 7.08. The van der Waals surface area contributed by atoms with Crippen molar-refractivity contribution in [2.75, 3.05) is 11.5 Å². The fourth-order valence-electron chi connectivity index (χ4n) is 3.30. The Morgan fingerprint density at radius 2 is 1.75 bits per heavy atom. The molecule has 1 aliphatic heterocycles. The van der Waals surface area contributed by atoms with Crippen molar-refractivity contribution in [3.63, 3.8) is 0 Å². The summed E-state index contributed by atoms with van der Waals surface area (Å²) >= 11 is 3.89. The maximum Gasteiger partial charge on any atom is 0.119 e. The van der Waals surface area contributed by atoms with E-state index in [1.165, 1.54) is 12.0 Å². The van der Waals surface area contributed by atoms with E-state index in [-0.39, 0.29) is 4.08 Å². The van der Waals surface area contributed by atoms with E-state index >= 15 is 0 Å². The van der Waals surface area contributed by atoms with Crippen molar-refractivity contribution >= 4 is 23.5 Å². The van der Waals surface area contributed by atoms with E-state index in [9.17, 15) is 5.11 Å². The molecule has 1 N–H and O–H groups in total. The van der Waals surface area contributed by atoms with Gasteiger partial charge in [0.15, 0.2) is 0 Å². The maximum atomic E-state index is 11.6. The Morgan fingerprint density at radius 1 is 1.05 bits per heavy atom. The average molecular weight is 306 g/mol. The molecule has 0 spiro atoms. The summed E-state index contributed by atoms with van der Waals surface area (Å²) < 4.78 is -0.229. The first-order chi connectivity index (χ1) is 9.69. The number of hydrogen-bond donors (Lipinski definition) is 1. The Kier molecular flexibility index (Phi) is 4.21. The third-order valence-electron chi connectivity index (χ3n) is 4.44. The topological polar surface area (TPSA) is 20.2 Å². The molecule has 1 atom stereocenters. The smallest absolute Gasteiger partial charge is 0.119 e. The Morgan fingerprint density at radius 3 is 2.40 bits per heavy atom. The normalized spacial score (nSPS) is 29.8. The SMILES string of the molecule is CC1=CCCCC1(O)C1(c2ccccc2)SCCCS1. The molecule has 3 heteroatoms. The molecule has 3 rings (SSSR count). The fraction of sp³-hybridized carbons (Fsp3) is 0.529. The van der Waals surface area contributed by atoms with Gasteiger partial charge < -0.3 is 5.11 Å². The van der Waals surface area contributed by atoms with Crippen LogP contribution in [0.15, 0.2) is 42.0 Å². The minimum absolute atomic E-state index is 0.229. The lowest BCUT2D eigenvalue weighted by molar-refractivity contribution is 0.0480. The highest BCUT2D eigenvalue weighted by Crippen LogP contribution is 2.60. The second kappa shape index (κ2) is 5.78. The van der Waals surface area contributed by atoms with Gasteiger partial charge in [0.25, 0.3) is 0 Å². The van der Waals surface area contributed by atoms with Crippen LogP contribution in [0.2, 0.25) is 0 Å². The summed E-state index contributed by atoms with van der Waals surface area (Å²) in [5.74, 6) is 2.27. The molecule has 2 aliphatic rings. The first-order valence-electron chi connectivity index (χ1n) is 7.42. The predicted octanol–water partition coefficient (Wildman–Crippen LogP) is 4.57. The summed E-state index contributed by atoms with van der Waals surface area (Å²) in [7, 11) is 0. The van der Waals surface area contributed by atoms with Crippen molar-refractivity contribution in [1.29, 1.82) is 0 Å². The van der Waals surface area contributed by atoms with E-state index in [4.69, 9.17) is 0 Å². The standard InChI is InChI=1S/C17H22OS2/c1-14-8-5-6-11-16(14,18)17(19-12-7-13-20-17)15-9-3-2-4-10-15/h2-4,8-10,18H,5-7,11-13H2,1H3. The lowest BCUT2D eigenvalue weighted by atomic mass is 9.78. The minimum Gasteiger partial charge on any atom is -0.383 e. The summed E-state index contributed by atoms with van der Waals surface area (Å²) in [6.45, 7) is 2.11. The molecule has 108 valence electrons. The van der Waals surface area contributed by atoms with Crippen LogP contribution in [0.4, 0.5) is 0 Å². The second-order valence-electron chi connectivity index (χ2n) is 5.67. The number of hydrogen-bond acceptors (Lipinski definition) is 3. The number of aliphatic hydroxyl groups is 1.